The van der Waals surface area contributed by atoms with Crippen molar-refractivity contribution in [3.05, 3.63) is 60.7 Å². The molecule has 4 atom stereocenters. The number of ketones is 1. The van der Waals surface area contributed by atoms with Crippen molar-refractivity contribution in [3.63, 3.8) is 0 Å². The molecule has 0 spiro atoms. The molecule has 4 rings (SSSR count). The lowest BCUT2D eigenvalue weighted by Gasteiger charge is -2.47. The van der Waals surface area contributed by atoms with Gasteiger partial charge in [0.15, 0.2) is 5.78 Å². The van der Waals surface area contributed by atoms with Crippen LogP contribution in [0, 0.1) is 16.7 Å². The summed E-state index contributed by atoms with van der Waals surface area (Å²) in [5.41, 5.74) is -1.67. The minimum Gasteiger partial charge on any atom is -0.404 e. The van der Waals surface area contributed by atoms with Gasteiger partial charge in [0.1, 0.15) is 5.60 Å². The Kier molecular flexibility index (Phi) is 6.74. The normalized spacial score (nSPS) is 28.7. The summed E-state index contributed by atoms with van der Waals surface area (Å²) in [4.78, 5) is 13.9. The fraction of sp³-hybridized carbons (Fsp3) is 0.581. The number of aliphatic hydroxyl groups is 1. The van der Waals surface area contributed by atoms with E-state index in [0.717, 1.165) is 19.3 Å². The van der Waals surface area contributed by atoms with Gasteiger partial charge in [-0.3, -0.25) is 4.79 Å². The second-order valence-electron chi connectivity index (χ2n) is 12.8. The second kappa shape index (κ2) is 8.97. The third kappa shape index (κ3) is 3.88. The number of carbonyl (C=O) groups is 1. The van der Waals surface area contributed by atoms with E-state index in [4.69, 9.17) is 4.43 Å². The molecule has 190 valence electrons. The Labute approximate surface area is 213 Å². The van der Waals surface area contributed by atoms with Crippen LogP contribution in [0.5, 0.6) is 0 Å². The fourth-order valence-electron chi connectivity index (χ4n) is 7.28. The maximum Gasteiger partial charge on any atom is 0.261 e. The van der Waals surface area contributed by atoms with Gasteiger partial charge in [-0.05, 0) is 52.4 Å². The first-order valence-electron chi connectivity index (χ1n) is 13.4. The largest absolute Gasteiger partial charge is 0.404 e. The maximum absolute atomic E-state index is 13.9. The minimum absolute atomic E-state index is 0.0277. The molecule has 0 aromatic heterocycles. The molecule has 1 N–H and O–H groups in total. The molecular formula is C31H44O3Si. The van der Waals surface area contributed by atoms with Gasteiger partial charge in [-0.25, -0.2) is 0 Å². The SMILES string of the molecule is CC[C@H](CC(=O)[C@]1(O)C[C@@H]2CC[C@@]1(C)C2(C)C)O[Si](c1ccccc1)(c1ccccc1)C(C)(C)C. The van der Waals surface area contributed by atoms with Crippen molar-refractivity contribution in [2.24, 2.45) is 16.7 Å². The Hall–Kier alpha value is -1.75. The van der Waals surface area contributed by atoms with Gasteiger partial charge < -0.3 is 9.53 Å². The van der Waals surface area contributed by atoms with E-state index in [1.54, 1.807) is 0 Å². The molecule has 0 radical (unpaired) electrons. The molecule has 0 aliphatic heterocycles. The van der Waals surface area contributed by atoms with Gasteiger partial charge >= 0.3 is 0 Å². The average molecular weight is 493 g/mol. The lowest BCUT2D eigenvalue weighted by molar-refractivity contribution is -0.157. The molecule has 0 amide bonds. The van der Waals surface area contributed by atoms with Crippen molar-refractivity contribution in [3.8, 4) is 0 Å². The van der Waals surface area contributed by atoms with Crippen molar-refractivity contribution < 1.29 is 14.3 Å². The van der Waals surface area contributed by atoms with Crippen LogP contribution >= 0.6 is 0 Å². The Bertz CT molecular complexity index is 1000. The molecule has 2 bridgehead atoms. The molecule has 0 heterocycles. The predicted molar refractivity (Wildman–Crippen MR) is 147 cm³/mol. The first kappa shape index (κ1) is 26.3. The standard InChI is InChI=1S/C31H44O3Si/c1-8-24(21-27(32)31(33)22-23-19-20-30(31,7)29(23,5)6)34-35(28(2,3)4,25-15-11-9-12-16-25)26-17-13-10-14-18-26/h9-18,23-24,33H,8,19-22H2,1-7H3/t23-,24+,30-,31+/m0/s1. The van der Waals surface area contributed by atoms with Crippen LogP contribution in [0.3, 0.4) is 0 Å². The summed E-state index contributed by atoms with van der Waals surface area (Å²) in [7, 11) is -2.76. The monoisotopic (exact) mass is 492 g/mol. The van der Waals surface area contributed by atoms with Gasteiger partial charge in [0.25, 0.3) is 8.32 Å². The lowest BCUT2D eigenvalue weighted by Crippen LogP contribution is -2.68. The highest BCUT2D eigenvalue weighted by Crippen LogP contribution is 2.70. The molecule has 2 aromatic carbocycles. The summed E-state index contributed by atoms with van der Waals surface area (Å²) in [6, 6.07) is 21.2. The van der Waals surface area contributed by atoms with Crippen molar-refractivity contribution in [2.45, 2.75) is 97.3 Å². The number of Topliss-reactive ketones (excluding diaryl/α,β-unsaturated/α-hetero) is 1. The van der Waals surface area contributed by atoms with Crippen LogP contribution in [0.25, 0.3) is 0 Å². The first-order valence-corrected chi connectivity index (χ1v) is 15.3. The molecule has 0 unspecified atom stereocenters. The molecule has 0 saturated heterocycles. The number of hydrogen-bond donors (Lipinski definition) is 1. The number of rotatable bonds is 8. The van der Waals surface area contributed by atoms with E-state index < -0.39 is 13.9 Å². The molecule has 2 fully saturated rings. The predicted octanol–water partition coefficient (Wildman–Crippen LogP) is 5.88. The maximum atomic E-state index is 13.9. The molecule has 35 heavy (non-hydrogen) atoms. The van der Waals surface area contributed by atoms with E-state index in [1.807, 2.05) is 12.1 Å². The summed E-state index contributed by atoms with van der Waals surface area (Å²) in [6.07, 6.45) is 3.36. The van der Waals surface area contributed by atoms with Crippen LogP contribution in [0.1, 0.15) is 80.6 Å². The molecule has 2 aromatic rings. The van der Waals surface area contributed by atoms with E-state index >= 15 is 0 Å². The third-order valence-electron chi connectivity index (χ3n) is 9.98. The van der Waals surface area contributed by atoms with E-state index in [0.29, 0.717) is 12.3 Å². The lowest BCUT2D eigenvalue weighted by atomic mass is 9.62. The number of fused-ring (bicyclic) bond motifs is 2. The van der Waals surface area contributed by atoms with Crippen LogP contribution in [-0.2, 0) is 9.22 Å². The summed E-state index contributed by atoms with van der Waals surface area (Å²) in [6.45, 7) is 15.5. The highest BCUT2D eigenvalue weighted by Gasteiger charge is 2.70. The highest BCUT2D eigenvalue weighted by molar-refractivity contribution is 6.99. The Morgan fingerprint density at radius 2 is 1.54 bits per heavy atom. The van der Waals surface area contributed by atoms with Gasteiger partial charge in [-0.15, -0.1) is 0 Å². The summed E-state index contributed by atoms with van der Waals surface area (Å²) in [5, 5.41) is 14.2. The van der Waals surface area contributed by atoms with Crippen LogP contribution in [-0.4, -0.2) is 30.9 Å². The van der Waals surface area contributed by atoms with E-state index in [1.165, 1.54) is 10.4 Å². The quantitative estimate of drug-likeness (QED) is 0.468. The highest BCUT2D eigenvalue weighted by atomic mass is 28.4. The number of carbonyl (C=O) groups excluding carboxylic acids is 1. The molecule has 3 nitrogen and oxygen atoms in total. The van der Waals surface area contributed by atoms with Crippen LogP contribution in [0.4, 0.5) is 0 Å². The van der Waals surface area contributed by atoms with Gasteiger partial charge in [0, 0.05) is 11.8 Å². The van der Waals surface area contributed by atoms with Gasteiger partial charge in [-0.1, -0.05) is 109 Å². The Morgan fingerprint density at radius 3 is 1.91 bits per heavy atom. The first-order chi connectivity index (χ1) is 16.3. The fourth-order valence-corrected chi connectivity index (χ4v) is 12.0. The number of benzene rings is 2. The minimum atomic E-state index is -2.76. The molecule has 2 aliphatic carbocycles. The second-order valence-corrected chi connectivity index (χ2v) is 17.0. The average Bonchev–Trinajstić information content (AvgIpc) is 3.14. The van der Waals surface area contributed by atoms with Gasteiger partial charge in [0.2, 0.25) is 0 Å². The number of hydrogen-bond acceptors (Lipinski definition) is 3. The topological polar surface area (TPSA) is 46.5 Å². The van der Waals surface area contributed by atoms with Crippen LogP contribution < -0.4 is 10.4 Å². The zero-order valence-corrected chi connectivity index (χ0v) is 23.7. The van der Waals surface area contributed by atoms with E-state index in [-0.39, 0.29) is 34.2 Å². The Morgan fingerprint density at radius 1 is 1.03 bits per heavy atom. The molecular weight excluding hydrogens is 448 g/mol. The summed E-state index contributed by atoms with van der Waals surface area (Å²) < 4.78 is 7.27. The molecule has 4 heteroatoms. The molecule has 2 saturated carbocycles. The molecule has 2 aliphatic rings. The Balaban J connectivity index is 1.71. The van der Waals surface area contributed by atoms with Crippen molar-refractivity contribution in [1.82, 2.24) is 0 Å². The van der Waals surface area contributed by atoms with Gasteiger partial charge in [0.05, 0.1) is 6.10 Å². The smallest absolute Gasteiger partial charge is 0.261 e. The van der Waals surface area contributed by atoms with Crippen LogP contribution in [0.15, 0.2) is 60.7 Å². The van der Waals surface area contributed by atoms with Crippen molar-refractivity contribution in [2.75, 3.05) is 0 Å². The van der Waals surface area contributed by atoms with Crippen molar-refractivity contribution in [1.29, 1.82) is 0 Å². The summed E-state index contributed by atoms with van der Waals surface area (Å²) in [5.74, 6) is 0.374. The van der Waals surface area contributed by atoms with E-state index in [2.05, 4.69) is 97.0 Å². The zero-order valence-electron chi connectivity index (χ0n) is 22.7. The van der Waals surface area contributed by atoms with Gasteiger partial charge in [-0.2, -0.15) is 0 Å². The van der Waals surface area contributed by atoms with E-state index in [9.17, 15) is 9.90 Å². The van der Waals surface area contributed by atoms with Crippen molar-refractivity contribution >= 4 is 24.5 Å². The van der Waals surface area contributed by atoms with Crippen LogP contribution in [0.2, 0.25) is 5.04 Å². The zero-order chi connectivity index (χ0) is 25.7. The summed E-state index contributed by atoms with van der Waals surface area (Å²) >= 11 is 0. The third-order valence-corrected chi connectivity index (χ3v) is 15.1.